The predicted octanol–water partition coefficient (Wildman–Crippen LogP) is 1.51. The first-order valence-corrected chi connectivity index (χ1v) is 5.81. The third-order valence-corrected chi connectivity index (χ3v) is 2.71. The van der Waals surface area contributed by atoms with Crippen LogP contribution in [0.3, 0.4) is 0 Å². The van der Waals surface area contributed by atoms with Crippen LogP contribution in [0.15, 0.2) is 4.79 Å². The Morgan fingerprint density at radius 3 is 2.41 bits per heavy atom. The smallest absolute Gasteiger partial charge is 0.303 e. The Bertz CT molecular complexity index is 463. The molecule has 0 fully saturated rings. The minimum Gasteiger partial charge on any atom is -0.481 e. The summed E-state index contributed by atoms with van der Waals surface area (Å²) < 4.78 is 1.53. The number of carboxylic acid groups (broad SMARTS) is 1. The van der Waals surface area contributed by atoms with Gasteiger partial charge in [-0.1, -0.05) is 20.8 Å². The molecule has 2 N–H and O–H groups in total. The van der Waals surface area contributed by atoms with Crippen LogP contribution in [-0.4, -0.2) is 20.9 Å². The molecule has 0 saturated carbocycles. The Morgan fingerprint density at radius 2 is 2.00 bits per heavy atom. The monoisotopic (exact) mass is 240 g/mol. The van der Waals surface area contributed by atoms with E-state index in [0.29, 0.717) is 12.1 Å². The second-order valence-corrected chi connectivity index (χ2v) is 5.16. The summed E-state index contributed by atoms with van der Waals surface area (Å²) in [5.41, 5.74) is 1.15. The van der Waals surface area contributed by atoms with E-state index in [4.69, 9.17) is 5.11 Å². The van der Waals surface area contributed by atoms with Crippen molar-refractivity contribution in [2.24, 2.45) is 0 Å². The first-order valence-electron chi connectivity index (χ1n) is 5.81. The van der Waals surface area contributed by atoms with Crippen LogP contribution in [0.25, 0.3) is 0 Å². The lowest BCUT2D eigenvalue weighted by molar-refractivity contribution is -0.136. The number of aliphatic carboxylic acids is 1. The molecule has 0 aliphatic heterocycles. The van der Waals surface area contributed by atoms with Gasteiger partial charge in [0.15, 0.2) is 0 Å². The van der Waals surface area contributed by atoms with Crippen molar-refractivity contribution in [1.82, 2.24) is 9.78 Å². The van der Waals surface area contributed by atoms with Crippen LogP contribution < -0.4 is 5.56 Å². The second-order valence-electron chi connectivity index (χ2n) is 5.16. The van der Waals surface area contributed by atoms with Gasteiger partial charge >= 0.3 is 5.97 Å². The number of aromatic nitrogens is 2. The predicted molar refractivity (Wildman–Crippen MR) is 65.4 cm³/mol. The molecule has 17 heavy (non-hydrogen) atoms. The van der Waals surface area contributed by atoms with E-state index < -0.39 is 5.97 Å². The van der Waals surface area contributed by atoms with Gasteiger partial charge in [0.05, 0.1) is 0 Å². The van der Waals surface area contributed by atoms with E-state index in [9.17, 15) is 9.59 Å². The SMILES string of the molecule is CCn1[nH]c(C(C)(C)C)c(CCC(=O)O)c1=O. The number of rotatable bonds is 4. The van der Waals surface area contributed by atoms with Crippen LogP contribution in [0.1, 0.15) is 45.4 Å². The number of aryl methyl sites for hydroxylation is 1. The van der Waals surface area contributed by atoms with Crippen molar-refractivity contribution in [3.05, 3.63) is 21.6 Å². The fraction of sp³-hybridized carbons (Fsp3) is 0.667. The Hall–Kier alpha value is -1.52. The lowest BCUT2D eigenvalue weighted by Gasteiger charge is -2.18. The second kappa shape index (κ2) is 4.77. The fourth-order valence-electron chi connectivity index (χ4n) is 1.83. The summed E-state index contributed by atoms with van der Waals surface area (Å²) in [4.78, 5) is 22.6. The largest absolute Gasteiger partial charge is 0.481 e. The summed E-state index contributed by atoms with van der Waals surface area (Å²) in [5, 5.41) is 11.8. The average molecular weight is 240 g/mol. The van der Waals surface area contributed by atoms with E-state index in [0.717, 1.165) is 5.69 Å². The number of aromatic amines is 1. The molecule has 96 valence electrons. The van der Waals surface area contributed by atoms with Crippen molar-refractivity contribution < 1.29 is 9.90 Å². The molecule has 0 spiro atoms. The Labute approximate surface area is 100 Å². The van der Waals surface area contributed by atoms with Crippen LogP contribution >= 0.6 is 0 Å². The molecule has 0 saturated heterocycles. The van der Waals surface area contributed by atoms with E-state index in [1.54, 1.807) is 0 Å². The fourth-order valence-corrected chi connectivity index (χ4v) is 1.83. The molecule has 0 radical (unpaired) electrons. The Balaban J connectivity index is 3.20. The molecule has 0 unspecified atom stereocenters. The Morgan fingerprint density at radius 1 is 1.41 bits per heavy atom. The lowest BCUT2D eigenvalue weighted by atomic mass is 9.88. The highest BCUT2D eigenvalue weighted by Gasteiger charge is 2.24. The maximum Gasteiger partial charge on any atom is 0.303 e. The van der Waals surface area contributed by atoms with Crippen LogP contribution in [0.5, 0.6) is 0 Å². The maximum atomic E-state index is 12.0. The van der Waals surface area contributed by atoms with Crippen molar-refractivity contribution >= 4 is 5.97 Å². The molecule has 1 aromatic rings. The summed E-state index contributed by atoms with van der Waals surface area (Å²) in [7, 11) is 0. The van der Waals surface area contributed by atoms with Crippen molar-refractivity contribution in [3.8, 4) is 0 Å². The number of carboxylic acids is 1. The van der Waals surface area contributed by atoms with Gasteiger partial charge in [-0.2, -0.15) is 0 Å². The van der Waals surface area contributed by atoms with Gasteiger partial charge in [0, 0.05) is 29.6 Å². The third-order valence-electron chi connectivity index (χ3n) is 2.71. The van der Waals surface area contributed by atoms with E-state index in [1.165, 1.54) is 4.68 Å². The molecule has 0 aromatic carbocycles. The molecule has 0 aliphatic rings. The number of carbonyl (C=O) groups is 1. The summed E-state index contributed by atoms with van der Waals surface area (Å²) >= 11 is 0. The maximum absolute atomic E-state index is 12.0. The number of nitrogens with one attached hydrogen (secondary N) is 1. The van der Waals surface area contributed by atoms with Crippen molar-refractivity contribution in [3.63, 3.8) is 0 Å². The molecule has 1 aromatic heterocycles. The molecular weight excluding hydrogens is 220 g/mol. The normalized spacial score (nSPS) is 11.8. The summed E-state index contributed by atoms with van der Waals surface area (Å²) in [6, 6.07) is 0. The zero-order valence-electron chi connectivity index (χ0n) is 10.8. The molecule has 1 heterocycles. The van der Waals surface area contributed by atoms with Gasteiger partial charge in [0.2, 0.25) is 0 Å². The number of nitrogens with zero attached hydrogens (tertiary/aromatic N) is 1. The van der Waals surface area contributed by atoms with Crippen molar-refractivity contribution in [2.75, 3.05) is 0 Å². The quantitative estimate of drug-likeness (QED) is 0.837. The molecule has 5 nitrogen and oxygen atoms in total. The van der Waals surface area contributed by atoms with Gasteiger partial charge in [-0.05, 0) is 13.3 Å². The molecule has 5 heteroatoms. The molecular formula is C12H20N2O3. The van der Waals surface area contributed by atoms with E-state index >= 15 is 0 Å². The minimum atomic E-state index is -0.881. The highest BCUT2D eigenvalue weighted by Crippen LogP contribution is 2.23. The van der Waals surface area contributed by atoms with E-state index in [2.05, 4.69) is 5.10 Å². The highest BCUT2D eigenvalue weighted by molar-refractivity contribution is 5.67. The molecule has 0 aliphatic carbocycles. The first-order chi connectivity index (χ1) is 7.77. The van der Waals surface area contributed by atoms with Gasteiger partial charge < -0.3 is 5.11 Å². The molecule has 1 rings (SSSR count). The van der Waals surface area contributed by atoms with Crippen LogP contribution in [0.2, 0.25) is 0 Å². The summed E-state index contributed by atoms with van der Waals surface area (Å²) in [5.74, 6) is -0.881. The van der Waals surface area contributed by atoms with Gasteiger partial charge in [0.1, 0.15) is 0 Å². The average Bonchev–Trinajstić information content (AvgIpc) is 2.51. The van der Waals surface area contributed by atoms with Crippen LogP contribution in [0, 0.1) is 0 Å². The number of H-pyrrole nitrogens is 1. The van der Waals surface area contributed by atoms with E-state index in [1.807, 2.05) is 27.7 Å². The van der Waals surface area contributed by atoms with Gasteiger partial charge in [-0.3, -0.25) is 19.4 Å². The molecule has 0 bridgehead atoms. The van der Waals surface area contributed by atoms with Gasteiger partial charge in [-0.15, -0.1) is 0 Å². The number of hydrogen-bond acceptors (Lipinski definition) is 2. The number of hydrogen-bond donors (Lipinski definition) is 2. The zero-order chi connectivity index (χ0) is 13.2. The van der Waals surface area contributed by atoms with Crippen LogP contribution in [-0.2, 0) is 23.2 Å². The minimum absolute atomic E-state index is 0.0140. The van der Waals surface area contributed by atoms with Crippen LogP contribution in [0.4, 0.5) is 0 Å². The molecule has 0 amide bonds. The van der Waals surface area contributed by atoms with Crippen molar-refractivity contribution in [2.45, 2.75) is 52.5 Å². The summed E-state index contributed by atoms with van der Waals surface area (Å²) in [6.45, 7) is 8.45. The highest BCUT2D eigenvalue weighted by atomic mass is 16.4. The first kappa shape index (κ1) is 13.5. The lowest BCUT2D eigenvalue weighted by Crippen LogP contribution is -2.19. The third kappa shape index (κ3) is 2.99. The zero-order valence-corrected chi connectivity index (χ0v) is 10.8. The standard InChI is InChI=1S/C12H20N2O3/c1-5-14-11(17)8(6-7-9(15)16)10(13-14)12(2,3)4/h13H,5-7H2,1-4H3,(H,15,16). The summed E-state index contributed by atoms with van der Waals surface area (Å²) in [6.07, 6.45) is 0.268. The van der Waals surface area contributed by atoms with Crippen molar-refractivity contribution in [1.29, 1.82) is 0 Å². The topological polar surface area (TPSA) is 75.1 Å². The molecule has 0 atom stereocenters. The Kier molecular flexibility index (Phi) is 3.80. The van der Waals surface area contributed by atoms with E-state index in [-0.39, 0.29) is 23.8 Å². The van der Waals surface area contributed by atoms with Gasteiger partial charge in [-0.25, -0.2) is 0 Å². The van der Waals surface area contributed by atoms with Gasteiger partial charge in [0.25, 0.3) is 5.56 Å².